The average molecular weight is 390 g/mol. The number of amides is 3. The molecular formula is C21H18N4O4. The normalized spacial score (nSPS) is 10.1. The Kier molecular flexibility index (Phi) is 6.16. The van der Waals surface area contributed by atoms with Crippen LogP contribution in [0.1, 0.15) is 5.56 Å². The van der Waals surface area contributed by atoms with Gasteiger partial charge in [-0.25, -0.2) is 4.79 Å². The van der Waals surface area contributed by atoms with Gasteiger partial charge in [-0.3, -0.25) is 14.9 Å². The molecule has 0 saturated heterocycles. The number of urea groups is 1. The van der Waals surface area contributed by atoms with Crippen molar-refractivity contribution >= 4 is 34.7 Å². The van der Waals surface area contributed by atoms with Crippen LogP contribution >= 0.6 is 0 Å². The highest BCUT2D eigenvalue weighted by Gasteiger charge is 2.15. The average Bonchev–Trinajstić information content (AvgIpc) is 2.70. The summed E-state index contributed by atoms with van der Waals surface area (Å²) in [6.07, 6.45) is -0.114. The number of nitrogens with one attached hydrogen (secondary N) is 3. The van der Waals surface area contributed by atoms with Crippen LogP contribution in [0.15, 0.2) is 78.9 Å². The number of carbonyl (C=O) groups excluding carboxylic acids is 2. The summed E-state index contributed by atoms with van der Waals surface area (Å²) in [4.78, 5) is 34.7. The summed E-state index contributed by atoms with van der Waals surface area (Å²) >= 11 is 0. The maximum absolute atomic E-state index is 12.2. The Morgan fingerprint density at radius 1 is 0.724 bits per heavy atom. The topological polar surface area (TPSA) is 113 Å². The summed E-state index contributed by atoms with van der Waals surface area (Å²) in [5.41, 5.74) is 1.99. The van der Waals surface area contributed by atoms with Crippen LogP contribution in [0.4, 0.5) is 27.5 Å². The molecular weight excluding hydrogens is 372 g/mol. The highest BCUT2D eigenvalue weighted by molar-refractivity contribution is 6.00. The summed E-state index contributed by atoms with van der Waals surface area (Å²) in [7, 11) is 0. The van der Waals surface area contributed by atoms with E-state index in [9.17, 15) is 19.7 Å². The van der Waals surface area contributed by atoms with Crippen molar-refractivity contribution in [2.45, 2.75) is 6.42 Å². The molecule has 3 N–H and O–H groups in total. The van der Waals surface area contributed by atoms with Gasteiger partial charge in [-0.15, -0.1) is 0 Å². The highest BCUT2D eigenvalue weighted by Crippen LogP contribution is 2.19. The molecule has 3 aromatic carbocycles. The molecule has 0 unspecified atom stereocenters. The minimum atomic E-state index is -0.510. The number of anilines is 3. The first-order valence-corrected chi connectivity index (χ1v) is 8.76. The van der Waals surface area contributed by atoms with E-state index < -0.39 is 4.92 Å². The molecule has 146 valence electrons. The van der Waals surface area contributed by atoms with Gasteiger partial charge in [-0.2, -0.15) is 0 Å². The Balaban J connectivity index is 1.56. The van der Waals surface area contributed by atoms with Crippen LogP contribution in [-0.2, 0) is 11.2 Å². The second-order valence-electron chi connectivity index (χ2n) is 6.13. The molecule has 0 heterocycles. The maximum atomic E-state index is 12.2. The molecule has 3 aromatic rings. The molecule has 0 aromatic heterocycles. The van der Waals surface area contributed by atoms with Gasteiger partial charge >= 0.3 is 6.03 Å². The van der Waals surface area contributed by atoms with Gasteiger partial charge in [0.2, 0.25) is 5.91 Å². The summed E-state index contributed by atoms with van der Waals surface area (Å²) in [5, 5.41) is 19.1. The lowest BCUT2D eigenvalue weighted by Gasteiger charge is -2.09. The first kappa shape index (κ1) is 19.6. The van der Waals surface area contributed by atoms with Crippen molar-refractivity contribution in [1.82, 2.24) is 0 Å². The van der Waals surface area contributed by atoms with Crippen molar-refractivity contribution < 1.29 is 14.5 Å². The SMILES string of the molecule is O=C(Cc1ccccc1[N+](=O)[O-])Nc1ccc(NC(=O)Nc2ccccc2)cc1. The molecule has 0 aliphatic rings. The van der Waals surface area contributed by atoms with E-state index in [1.54, 1.807) is 54.6 Å². The summed E-state index contributed by atoms with van der Waals surface area (Å²) in [5.74, 6) is -0.373. The van der Waals surface area contributed by atoms with E-state index in [0.717, 1.165) is 0 Å². The second-order valence-corrected chi connectivity index (χ2v) is 6.13. The monoisotopic (exact) mass is 390 g/mol. The molecule has 0 aliphatic carbocycles. The standard InChI is InChI=1S/C21H18N4O4/c26-20(14-15-6-4-5-9-19(15)25(28)29)22-17-10-12-18(13-11-17)24-21(27)23-16-7-2-1-3-8-16/h1-13H,14H2,(H,22,26)(H2,23,24,27). The number of para-hydroxylation sites is 2. The zero-order valence-corrected chi connectivity index (χ0v) is 15.3. The smallest absolute Gasteiger partial charge is 0.323 e. The molecule has 0 atom stereocenters. The molecule has 0 spiro atoms. The largest absolute Gasteiger partial charge is 0.326 e. The lowest BCUT2D eigenvalue weighted by atomic mass is 10.1. The number of nitro benzene ring substituents is 1. The van der Waals surface area contributed by atoms with Crippen LogP contribution < -0.4 is 16.0 Å². The number of carbonyl (C=O) groups is 2. The van der Waals surface area contributed by atoms with Gasteiger partial charge in [0.25, 0.3) is 5.69 Å². The van der Waals surface area contributed by atoms with Gasteiger partial charge in [0, 0.05) is 28.7 Å². The molecule has 0 bridgehead atoms. The Morgan fingerprint density at radius 2 is 1.24 bits per heavy atom. The van der Waals surface area contributed by atoms with E-state index in [0.29, 0.717) is 22.6 Å². The van der Waals surface area contributed by atoms with E-state index in [-0.39, 0.29) is 24.0 Å². The number of hydrogen-bond donors (Lipinski definition) is 3. The van der Waals surface area contributed by atoms with Gasteiger partial charge in [-0.05, 0) is 36.4 Å². The number of nitrogens with zero attached hydrogens (tertiary/aromatic N) is 1. The van der Waals surface area contributed by atoms with Crippen molar-refractivity contribution in [2.75, 3.05) is 16.0 Å². The van der Waals surface area contributed by atoms with Gasteiger partial charge in [-0.1, -0.05) is 36.4 Å². The van der Waals surface area contributed by atoms with E-state index >= 15 is 0 Å². The Bertz CT molecular complexity index is 1020. The fraction of sp³-hybridized carbons (Fsp3) is 0.0476. The summed E-state index contributed by atoms with van der Waals surface area (Å²) < 4.78 is 0. The molecule has 29 heavy (non-hydrogen) atoms. The summed E-state index contributed by atoms with van der Waals surface area (Å²) in [6, 6.07) is 21.3. The van der Waals surface area contributed by atoms with Crippen molar-refractivity contribution in [3.63, 3.8) is 0 Å². The third-order valence-electron chi connectivity index (χ3n) is 4.00. The number of rotatable bonds is 6. The van der Waals surface area contributed by atoms with Crippen molar-refractivity contribution in [1.29, 1.82) is 0 Å². The third-order valence-corrected chi connectivity index (χ3v) is 4.00. The Labute approximate surface area is 166 Å². The van der Waals surface area contributed by atoms with E-state index in [4.69, 9.17) is 0 Å². The first-order chi connectivity index (χ1) is 14.0. The second kappa shape index (κ2) is 9.14. The molecule has 0 saturated carbocycles. The minimum Gasteiger partial charge on any atom is -0.326 e. The van der Waals surface area contributed by atoms with E-state index in [1.165, 1.54) is 6.07 Å². The van der Waals surface area contributed by atoms with Crippen LogP contribution in [0.5, 0.6) is 0 Å². The molecule has 0 aliphatic heterocycles. The maximum Gasteiger partial charge on any atom is 0.323 e. The lowest BCUT2D eigenvalue weighted by Crippen LogP contribution is -2.19. The van der Waals surface area contributed by atoms with Crippen LogP contribution in [0, 0.1) is 10.1 Å². The van der Waals surface area contributed by atoms with E-state index in [2.05, 4.69) is 16.0 Å². The number of hydrogen-bond acceptors (Lipinski definition) is 4. The van der Waals surface area contributed by atoms with E-state index in [1.807, 2.05) is 18.2 Å². The third kappa shape index (κ3) is 5.64. The number of benzene rings is 3. The predicted molar refractivity (Wildman–Crippen MR) is 111 cm³/mol. The van der Waals surface area contributed by atoms with Crippen molar-refractivity contribution in [2.24, 2.45) is 0 Å². The van der Waals surface area contributed by atoms with Gasteiger partial charge < -0.3 is 16.0 Å². The molecule has 3 rings (SSSR count). The van der Waals surface area contributed by atoms with Gasteiger partial charge in [0.1, 0.15) is 0 Å². The minimum absolute atomic E-state index is 0.0911. The fourth-order valence-electron chi connectivity index (χ4n) is 2.67. The summed E-state index contributed by atoms with van der Waals surface area (Å²) in [6.45, 7) is 0. The fourth-order valence-corrected chi connectivity index (χ4v) is 2.67. The first-order valence-electron chi connectivity index (χ1n) is 8.76. The predicted octanol–water partition coefficient (Wildman–Crippen LogP) is 4.42. The number of nitro groups is 1. The lowest BCUT2D eigenvalue weighted by molar-refractivity contribution is -0.385. The van der Waals surface area contributed by atoms with Crippen LogP contribution in [0.2, 0.25) is 0 Å². The molecule has 0 radical (unpaired) electrons. The van der Waals surface area contributed by atoms with Crippen LogP contribution in [-0.4, -0.2) is 16.9 Å². The Hall–Kier alpha value is -4.20. The molecule has 8 heteroatoms. The van der Waals surface area contributed by atoms with Crippen molar-refractivity contribution in [3.05, 3.63) is 94.5 Å². The molecule has 3 amide bonds. The van der Waals surface area contributed by atoms with Crippen molar-refractivity contribution in [3.8, 4) is 0 Å². The van der Waals surface area contributed by atoms with Crippen LogP contribution in [0.25, 0.3) is 0 Å². The molecule has 8 nitrogen and oxygen atoms in total. The quantitative estimate of drug-likeness (QED) is 0.427. The zero-order valence-electron chi connectivity index (χ0n) is 15.3. The Morgan fingerprint density at radius 3 is 1.86 bits per heavy atom. The highest BCUT2D eigenvalue weighted by atomic mass is 16.6. The zero-order chi connectivity index (χ0) is 20.6. The molecule has 0 fully saturated rings. The van der Waals surface area contributed by atoms with Crippen LogP contribution in [0.3, 0.4) is 0 Å². The van der Waals surface area contributed by atoms with Gasteiger partial charge in [0.15, 0.2) is 0 Å². The van der Waals surface area contributed by atoms with Gasteiger partial charge in [0.05, 0.1) is 11.3 Å².